The number of rotatable bonds is 4. The maximum atomic E-state index is 12.0. The summed E-state index contributed by atoms with van der Waals surface area (Å²) in [6.07, 6.45) is 2.76. The molecular formula is C15H9N3O6-2. The fourth-order valence-electron chi connectivity index (χ4n) is 1.79. The molecule has 9 nitrogen and oxygen atoms in total. The van der Waals surface area contributed by atoms with Crippen LogP contribution in [-0.4, -0.2) is 28.7 Å². The fourth-order valence-corrected chi connectivity index (χ4v) is 1.79. The highest BCUT2D eigenvalue weighted by atomic mass is 16.4. The van der Waals surface area contributed by atoms with Gasteiger partial charge in [0.1, 0.15) is 0 Å². The third-order valence-corrected chi connectivity index (χ3v) is 2.95. The Balaban J connectivity index is 2.16. The molecule has 0 saturated heterocycles. The topological polar surface area (TPSA) is 151 Å². The van der Waals surface area contributed by atoms with Crippen molar-refractivity contribution in [1.82, 2.24) is 15.8 Å². The van der Waals surface area contributed by atoms with E-state index in [0.717, 1.165) is 18.2 Å². The van der Waals surface area contributed by atoms with Crippen LogP contribution in [0.25, 0.3) is 0 Å². The van der Waals surface area contributed by atoms with Crippen LogP contribution in [0.2, 0.25) is 0 Å². The highest BCUT2D eigenvalue weighted by molar-refractivity contribution is 6.06. The monoisotopic (exact) mass is 327 g/mol. The van der Waals surface area contributed by atoms with Crippen LogP contribution in [0.5, 0.6) is 0 Å². The lowest BCUT2D eigenvalue weighted by Crippen LogP contribution is -2.42. The molecule has 0 unspecified atom stereocenters. The number of pyridine rings is 1. The van der Waals surface area contributed by atoms with E-state index in [4.69, 9.17) is 0 Å². The maximum Gasteiger partial charge on any atom is 0.270 e. The molecule has 2 N–H and O–H groups in total. The van der Waals surface area contributed by atoms with Gasteiger partial charge in [0, 0.05) is 23.5 Å². The average Bonchev–Trinajstić information content (AvgIpc) is 2.59. The number of hydrogen-bond acceptors (Lipinski definition) is 7. The van der Waals surface area contributed by atoms with Crippen LogP contribution in [0.1, 0.15) is 41.4 Å². The summed E-state index contributed by atoms with van der Waals surface area (Å²) < 4.78 is 0. The van der Waals surface area contributed by atoms with Crippen LogP contribution in [0.4, 0.5) is 0 Å². The molecule has 0 saturated carbocycles. The van der Waals surface area contributed by atoms with Gasteiger partial charge in [0.25, 0.3) is 11.8 Å². The smallest absolute Gasteiger partial charge is 0.270 e. The number of nitrogens with zero attached hydrogens (tertiary/aromatic N) is 1. The van der Waals surface area contributed by atoms with Crippen molar-refractivity contribution >= 4 is 23.8 Å². The van der Waals surface area contributed by atoms with Crippen LogP contribution in [-0.2, 0) is 0 Å². The lowest BCUT2D eigenvalue weighted by molar-refractivity contribution is -0.255. The third kappa shape index (κ3) is 3.71. The van der Waals surface area contributed by atoms with Crippen molar-refractivity contribution < 1.29 is 29.4 Å². The largest absolute Gasteiger partial charge is 0.545 e. The summed E-state index contributed by atoms with van der Waals surface area (Å²) in [6.45, 7) is 0. The Kier molecular flexibility index (Phi) is 4.85. The molecule has 0 aliphatic heterocycles. The van der Waals surface area contributed by atoms with Crippen LogP contribution in [0, 0.1) is 0 Å². The molecule has 2 aromatic rings. The second kappa shape index (κ2) is 7.01. The average molecular weight is 327 g/mol. The molecule has 9 heteroatoms. The van der Waals surface area contributed by atoms with Gasteiger partial charge < -0.3 is 19.8 Å². The molecule has 0 aliphatic rings. The molecule has 122 valence electrons. The molecule has 1 aromatic carbocycles. The van der Waals surface area contributed by atoms with Crippen molar-refractivity contribution in [3.8, 4) is 0 Å². The van der Waals surface area contributed by atoms with E-state index in [2.05, 4.69) is 10.4 Å². The number of carbonyl (C=O) groups excluding carboxylic acids is 4. The maximum absolute atomic E-state index is 12.0. The Hall–Kier alpha value is -3.75. The molecule has 0 radical (unpaired) electrons. The Morgan fingerprint density at radius 1 is 0.750 bits per heavy atom. The van der Waals surface area contributed by atoms with Gasteiger partial charge >= 0.3 is 0 Å². The van der Waals surface area contributed by atoms with E-state index < -0.39 is 34.9 Å². The summed E-state index contributed by atoms with van der Waals surface area (Å²) in [5.41, 5.74) is 2.89. The molecular weight excluding hydrogens is 318 g/mol. The predicted molar refractivity (Wildman–Crippen MR) is 74.3 cm³/mol. The number of carboxylic acids is 2. The van der Waals surface area contributed by atoms with Gasteiger partial charge in [-0.1, -0.05) is 6.07 Å². The second-order valence-electron chi connectivity index (χ2n) is 4.48. The molecule has 24 heavy (non-hydrogen) atoms. The minimum Gasteiger partial charge on any atom is -0.545 e. The Bertz CT molecular complexity index is 819. The van der Waals surface area contributed by atoms with Crippen molar-refractivity contribution in [2.45, 2.75) is 0 Å². The lowest BCUT2D eigenvalue weighted by Gasteiger charge is -2.13. The normalized spacial score (nSPS) is 9.83. The molecule has 1 aromatic heterocycles. The predicted octanol–water partition coefficient (Wildman–Crippen LogP) is -2.12. The number of aromatic nitrogens is 1. The van der Waals surface area contributed by atoms with Crippen LogP contribution < -0.4 is 21.1 Å². The zero-order valence-electron chi connectivity index (χ0n) is 11.9. The number of aromatic carboxylic acids is 2. The number of nitrogens with one attached hydrogen (secondary N) is 2. The molecule has 2 amide bonds. The van der Waals surface area contributed by atoms with Crippen LogP contribution in [0.3, 0.4) is 0 Å². The van der Waals surface area contributed by atoms with Crippen molar-refractivity contribution in [3.05, 3.63) is 65.0 Å². The quantitative estimate of drug-likeness (QED) is 0.609. The van der Waals surface area contributed by atoms with Gasteiger partial charge in [0.05, 0.1) is 17.5 Å². The Labute approximate surface area is 134 Å². The molecule has 0 fully saturated rings. The highest BCUT2D eigenvalue weighted by Crippen LogP contribution is 2.11. The number of hydrazine groups is 1. The van der Waals surface area contributed by atoms with Crippen molar-refractivity contribution in [2.75, 3.05) is 0 Å². The Morgan fingerprint density at radius 2 is 1.38 bits per heavy atom. The van der Waals surface area contributed by atoms with Crippen molar-refractivity contribution in [1.29, 1.82) is 0 Å². The summed E-state index contributed by atoms with van der Waals surface area (Å²) in [7, 11) is 0. The van der Waals surface area contributed by atoms with Gasteiger partial charge in [-0.05, 0) is 29.8 Å². The fraction of sp³-hybridized carbons (Fsp3) is 0. The number of carbonyl (C=O) groups is 4. The van der Waals surface area contributed by atoms with Gasteiger partial charge in [-0.15, -0.1) is 0 Å². The first kappa shape index (κ1) is 16.6. The summed E-state index contributed by atoms with van der Waals surface area (Å²) in [4.78, 5) is 49.3. The summed E-state index contributed by atoms with van der Waals surface area (Å²) in [6, 6.07) is 5.53. The second-order valence-corrected chi connectivity index (χ2v) is 4.48. The van der Waals surface area contributed by atoms with Gasteiger partial charge in [-0.2, -0.15) is 0 Å². The molecule has 0 atom stereocenters. The SMILES string of the molecule is O=C([O-])c1ccc(C(=O)NNC(=O)c2ccncc2)c(C(=O)[O-])c1. The first-order chi connectivity index (χ1) is 11.4. The molecule has 0 spiro atoms. The standard InChI is InChI=1S/C15H11N3O6/c19-12(8-3-5-16-6-4-8)17-18-13(20)10-2-1-9(14(21)22)7-11(10)15(23)24/h1-7H,(H,17,19)(H,18,20)(H,21,22)(H,23,24)/p-2. The minimum atomic E-state index is -1.75. The van der Waals surface area contributed by atoms with E-state index in [9.17, 15) is 29.4 Å². The van der Waals surface area contributed by atoms with Gasteiger partial charge in [0.2, 0.25) is 0 Å². The number of hydrogen-bond donors (Lipinski definition) is 2. The number of benzene rings is 1. The van der Waals surface area contributed by atoms with Crippen LogP contribution in [0.15, 0.2) is 42.7 Å². The van der Waals surface area contributed by atoms with Crippen molar-refractivity contribution in [3.63, 3.8) is 0 Å². The van der Waals surface area contributed by atoms with E-state index in [-0.39, 0.29) is 11.1 Å². The zero-order valence-corrected chi connectivity index (χ0v) is 11.9. The molecule has 2 rings (SSSR count). The molecule has 1 heterocycles. The van der Waals surface area contributed by atoms with E-state index in [1.54, 1.807) is 0 Å². The van der Waals surface area contributed by atoms with E-state index >= 15 is 0 Å². The van der Waals surface area contributed by atoms with Gasteiger partial charge in [-0.25, -0.2) is 0 Å². The van der Waals surface area contributed by atoms with Crippen molar-refractivity contribution in [2.24, 2.45) is 0 Å². The van der Waals surface area contributed by atoms with E-state index in [0.29, 0.717) is 0 Å². The summed E-state index contributed by atoms with van der Waals surface area (Å²) >= 11 is 0. The molecule has 0 aliphatic carbocycles. The Morgan fingerprint density at radius 3 is 1.96 bits per heavy atom. The summed E-state index contributed by atoms with van der Waals surface area (Å²) in [5, 5.41) is 21.8. The first-order valence-corrected chi connectivity index (χ1v) is 6.47. The first-order valence-electron chi connectivity index (χ1n) is 6.47. The van der Waals surface area contributed by atoms with E-state index in [1.807, 2.05) is 5.43 Å². The van der Waals surface area contributed by atoms with Crippen LogP contribution >= 0.6 is 0 Å². The third-order valence-electron chi connectivity index (χ3n) is 2.95. The van der Waals surface area contributed by atoms with Gasteiger partial charge in [0.15, 0.2) is 0 Å². The molecule has 0 bridgehead atoms. The number of amides is 2. The summed E-state index contributed by atoms with van der Waals surface area (Å²) in [5.74, 6) is -4.95. The van der Waals surface area contributed by atoms with E-state index in [1.165, 1.54) is 24.5 Å². The zero-order chi connectivity index (χ0) is 17.7. The van der Waals surface area contributed by atoms with Gasteiger partial charge in [-0.3, -0.25) is 25.4 Å². The highest BCUT2D eigenvalue weighted by Gasteiger charge is 2.14. The number of carboxylic acid groups (broad SMARTS) is 2. The minimum absolute atomic E-state index is 0.220. The lowest BCUT2D eigenvalue weighted by atomic mass is 10.0.